The summed E-state index contributed by atoms with van der Waals surface area (Å²) in [5, 5.41) is 3.39. The molecule has 0 aromatic carbocycles. The zero-order chi connectivity index (χ0) is 14.3. The highest BCUT2D eigenvalue weighted by molar-refractivity contribution is 8.00. The van der Waals surface area contributed by atoms with Crippen LogP contribution in [0, 0.1) is 6.92 Å². The second kappa shape index (κ2) is 8.52. The van der Waals surface area contributed by atoms with E-state index in [-0.39, 0.29) is 5.91 Å². The van der Waals surface area contributed by atoms with E-state index < -0.39 is 6.10 Å². The van der Waals surface area contributed by atoms with Gasteiger partial charge in [0.05, 0.1) is 23.1 Å². The van der Waals surface area contributed by atoms with Crippen molar-refractivity contribution in [3.63, 3.8) is 0 Å². The van der Waals surface area contributed by atoms with E-state index in [1.165, 1.54) is 11.3 Å². The Morgan fingerprint density at radius 2 is 2.26 bits per heavy atom. The lowest BCUT2D eigenvalue weighted by atomic mass is 10.4. The van der Waals surface area contributed by atoms with Crippen molar-refractivity contribution in [1.29, 1.82) is 0 Å². The Morgan fingerprint density at radius 3 is 2.84 bits per heavy atom. The molecule has 5 nitrogen and oxygen atoms in total. The van der Waals surface area contributed by atoms with Crippen LogP contribution in [-0.2, 0) is 14.3 Å². The molecular formula is C12H20N2O3S2. The third kappa shape index (κ3) is 5.48. The minimum Gasteiger partial charge on any atom is -0.379 e. The van der Waals surface area contributed by atoms with Crippen LogP contribution in [0.3, 0.4) is 0 Å². The fourth-order valence-electron chi connectivity index (χ4n) is 1.34. The molecule has 0 spiro atoms. The first-order valence-corrected chi connectivity index (χ1v) is 8.14. The zero-order valence-electron chi connectivity index (χ0n) is 11.7. The van der Waals surface area contributed by atoms with Gasteiger partial charge in [0.1, 0.15) is 6.10 Å². The van der Waals surface area contributed by atoms with Crippen molar-refractivity contribution < 1.29 is 14.3 Å². The van der Waals surface area contributed by atoms with Crippen molar-refractivity contribution >= 4 is 34.1 Å². The van der Waals surface area contributed by atoms with Crippen LogP contribution >= 0.6 is 23.1 Å². The molecule has 0 aliphatic heterocycles. The smallest absolute Gasteiger partial charge is 0.254 e. The topological polar surface area (TPSA) is 60.5 Å². The molecule has 1 aromatic heterocycles. The van der Waals surface area contributed by atoms with Crippen molar-refractivity contribution in [2.45, 2.75) is 31.1 Å². The van der Waals surface area contributed by atoms with E-state index in [4.69, 9.17) is 9.47 Å². The van der Waals surface area contributed by atoms with Crippen molar-refractivity contribution in [2.24, 2.45) is 0 Å². The van der Waals surface area contributed by atoms with Crippen LogP contribution in [0.4, 0.5) is 5.13 Å². The summed E-state index contributed by atoms with van der Waals surface area (Å²) in [4.78, 5) is 16.2. The van der Waals surface area contributed by atoms with Gasteiger partial charge in [-0.25, -0.2) is 4.98 Å². The molecule has 0 saturated carbocycles. The maximum Gasteiger partial charge on any atom is 0.254 e. The number of rotatable bonds is 8. The molecule has 0 unspecified atom stereocenters. The number of carbonyl (C=O) groups is 1. The Bertz CT molecular complexity index is 410. The summed E-state index contributed by atoms with van der Waals surface area (Å²) in [7, 11) is 0. The first kappa shape index (κ1) is 16.4. The lowest BCUT2D eigenvalue weighted by Crippen LogP contribution is -2.28. The van der Waals surface area contributed by atoms with Crippen molar-refractivity contribution in [3.8, 4) is 0 Å². The predicted molar refractivity (Wildman–Crippen MR) is 79.2 cm³/mol. The number of carbonyl (C=O) groups excluding carboxylic acids is 1. The van der Waals surface area contributed by atoms with Gasteiger partial charge in [0, 0.05) is 6.61 Å². The minimum atomic E-state index is -0.512. The number of thioether (sulfide) groups is 1. The van der Waals surface area contributed by atoms with Gasteiger partial charge < -0.3 is 9.47 Å². The number of thiazole rings is 1. The fraction of sp³-hybridized carbons (Fsp3) is 0.667. The highest BCUT2D eigenvalue weighted by atomic mass is 32.2. The van der Waals surface area contributed by atoms with Gasteiger partial charge in [-0.2, -0.15) is 0 Å². The number of nitrogens with zero attached hydrogens (tertiary/aromatic N) is 1. The average molecular weight is 304 g/mol. The van der Waals surface area contributed by atoms with Gasteiger partial charge in [-0.05, 0) is 27.0 Å². The Balaban J connectivity index is 2.40. The minimum absolute atomic E-state index is 0.182. The van der Waals surface area contributed by atoms with Crippen LogP contribution in [0.5, 0.6) is 0 Å². The van der Waals surface area contributed by atoms with Gasteiger partial charge in [0.2, 0.25) is 0 Å². The van der Waals surface area contributed by atoms with Crippen LogP contribution in [0.2, 0.25) is 0 Å². The van der Waals surface area contributed by atoms with Gasteiger partial charge in [0.25, 0.3) is 5.91 Å². The Hall–Kier alpha value is -0.630. The van der Waals surface area contributed by atoms with E-state index in [1.807, 2.05) is 20.1 Å². The molecule has 1 atom stereocenters. The van der Waals surface area contributed by atoms with E-state index in [9.17, 15) is 4.79 Å². The highest BCUT2D eigenvalue weighted by Crippen LogP contribution is 2.30. The Kier molecular flexibility index (Phi) is 7.37. The van der Waals surface area contributed by atoms with Crippen LogP contribution in [-0.4, -0.2) is 43.1 Å². The number of aryl methyl sites for hydroxylation is 1. The molecule has 0 bridgehead atoms. The van der Waals surface area contributed by atoms with E-state index in [1.54, 1.807) is 18.7 Å². The molecule has 0 aliphatic rings. The lowest BCUT2D eigenvalue weighted by Gasteiger charge is -2.11. The molecule has 0 aliphatic carbocycles. The molecule has 1 rings (SSSR count). The highest BCUT2D eigenvalue weighted by Gasteiger charge is 2.16. The van der Waals surface area contributed by atoms with Crippen molar-refractivity contribution in [2.75, 3.05) is 31.4 Å². The second-order valence-electron chi connectivity index (χ2n) is 3.80. The number of hydrogen-bond acceptors (Lipinski definition) is 6. The molecule has 19 heavy (non-hydrogen) atoms. The van der Waals surface area contributed by atoms with E-state index in [0.717, 1.165) is 9.90 Å². The van der Waals surface area contributed by atoms with Gasteiger partial charge in [-0.1, -0.05) is 11.3 Å². The van der Waals surface area contributed by atoms with Gasteiger partial charge in [0.15, 0.2) is 5.13 Å². The fourth-order valence-corrected chi connectivity index (χ4v) is 2.95. The Labute approximate surface area is 122 Å². The van der Waals surface area contributed by atoms with Crippen molar-refractivity contribution in [3.05, 3.63) is 5.69 Å². The molecule has 0 saturated heterocycles. The number of hydrogen-bond donors (Lipinski definition) is 1. The summed E-state index contributed by atoms with van der Waals surface area (Å²) >= 11 is 3.10. The normalized spacial score (nSPS) is 12.4. The molecule has 108 valence electrons. The van der Waals surface area contributed by atoms with Crippen LogP contribution in [0.25, 0.3) is 0 Å². The van der Waals surface area contributed by atoms with Crippen molar-refractivity contribution in [1.82, 2.24) is 4.98 Å². The van der Waals surface area contributed by atoms with E-state index >= 15 is 0 Å². The second-order valence-corrected chi connectivity index (χ2v) is 5.87. The van der Waals surface area contributed by atoms with Crippen LogP contribution in [0.1, 0.15) is 19.5 Å². The van der Waals surface area contributed by atoms with Crippen LogP contribution < -0.4 is 5.32 Å². The largest absolute Gasteiger partial charge is 0.379 e. The molecule has 0 radical (unpaired) electrons. The summed E-state index contributed by atoms with van der Waals surface area (Å²) in [6, 6.07) is 0. The SMILES string of the molecule is CCOCCO[C@@H](C)C(=O)Nc1nc(C)c(SC)s1. The Morgan fingerprint density at radius 1 is 1.53 bits per heavy atom. The number of nitrogens with one attached hydrogen (secondary N) is 1. The summed E-state index contributed by atoms with van der Waals surface area (Å²) in [5.41, 5.74) is 0.942. The number of ether oxygens (including phenoxy) is 2. The predicted octanol–water partition coefficient (Wildman–Crippen LogP) is 2.55. The number of aromatic nitrogens is 1. The standard InChI is InChI=1S/C12H20N2O3S2/c1-5-16-6-7-17-9(3)10(15)14-12-13-8(2)11(18-4)19-12/h9H,5-7H2,1-4H3,(H,13,14,15)/t9-/m0/s1. The summed E-state index contributed by atoms with van der Waals surface area (Å²) < 4.78 is 11.6. The molecular weight excluding hydrogens is 284 g/mol. The monoisotopic (exact) mass is 304 g/mol. The summed E-state index contributed by atoms with van der Waals surface area (Å²) in [6.45, 7) is 7.14. The molecule has 7 heteroatoms. The molecule has 0 fully saturated rings. The first-order valence-electron chi connectivity index (χ1n) is 6.10. The van der Waals surface area contributed by atoms with Gasteiger partial charge in [-0.15, -0.1) is 11.8 Å². The zero-order valence-corrected chi connectivity index (χ0v) is 13.3. The van der Waals surface area contributed by atoms with Crippen LogP contribution in [0.15, 0.2) is 4.21 Å². The molecule has 1 heterocycles. The first-order chi connectivity index (χ1) is 9.08. The maximum atomic E-state index is 11.9. The molecule has 1 amide bonds. The summed E-state index contributed by atoms with van der Waals surface area (Å²) in [6.07, 6.45) is 1.48. The lowest BCUT2D eigenvalue weighted by molar-refractivity contribution is -0.127. The number of anilines is 1. The maximum absolute atomic E-state index is 11.9. The quantitative estimate of drug-likeness (QED) is 0.591. The van der Waals surface area contributed by atoms with Gasteiger partial charge >= 0.3 is 0 Å². The summed E-state index contributed by atoms with van der Waals surface area (Å²) in [5.74, 6) is -0.182. The van der Waals surface area contributed by atoms with E-state index in [2.05, 4.69) is 10.3 Å². The van der Waals surface area contributed by atoms with Gasteiger partial charge in [-0.3, -0.25) is 10.1 Å². The molecule has 1 N–H and O–H groups in total. The third-order valence-corrected chi connectivity index (χ3v) is 4.62. The van der Waals surface area contributed by atoms with E-state index in [0.29, 0.717) is 25.0 Å². The third-order valence-electron chi connectivity index (χ3n) is 2.34. The number of amides is 1. The average Bonchev–Trinajstić information content (AvgIpc) is 2.74. The molecule has 1 aromatic rings.